The lowest BCUT2D eigenvalue weighted by Gasteiger charge is -1.98. The Labute approximate surface area is 103 Å². The first-order valence-corrected chi connectivity index (χ1v) is 5.29. The smallest absolute Gasteiger partial charge is 0.346 e. The third-order valence-corrected chi connectivity index (χ3v) is 2.54. The van der Waals surface area contributed by atoms with Gasteiger partial charge in [-0.1, -0.05) is 0 Å². The molecular formula is C9H4Br2N2O2. The quantitative estimate of drug-likeness (QED) is 0.667. The van der Waals surface area contributed by atoms with Crippen molar-refractivity contribution in [1.29, 1.82) is 5.26 Å². The first-order chi connectivity index (χ1) is 7.04. The second-order valence-electron chi connectivity index (χ2n) is 2.50. The van der Waals surface area contributed by atoms with Crippen molar-refractivity contribution in [2.24, 2.45) is 0 Å². The molecule has 0 aliphatic heterocycles. The van der Waals surface area contributed by atoms with E-state index >= 15 is 0 Å². The summed E-state index contributed by atoms with van der Waals surface area (Å²) in [7, 11) is 0. The van der Waals surface area contributed by atoms with Gasteiger partial charge in [-0.05, 0) is 44.0 Å². The van der Waals surface area contributed by atoms with Crippen molar-refractivity contribution in [3.63, 3.8) is 0 Å². The van der Waals surface area contributed by atoms with E-state index in [-0.39, 0.29) is 5.57 Å². The zero-order chi connectivity index (χ0) is 11.4. The van der Waals surface area contributed by atoms with Crippen molar-refractivity contribution in [1.82, 2.24) is 4.98 Å². The molecule has 0 unspecified atom stereocenters. The summed E-state index contributed by atoms with van der Waals surface area (Å²) in [5.41, 5.74) is 0.0441. The number of pyridine rings is 1. The van der Waals surface area contributed by atoms with Crippen molar-refractivity contribution < 1.29 is 9.90 Å². The van der Waals surface area contributed by atoms with Gasteiger partial charge in [0, 0.05) is 15.1 Å². The Bertz CT molecular complexity index is 477. The van der Waals surface area contributed by atoms with Crippen LogP contribution in [0.3, 0.4) is 0 Å². The van der Waals surface area contributed by atoms with Crippen molar-refractivity contribution in [2.75, 3.05) is 0 Å². The first kappa shape index (κ1) is 11.9. The largest absolute Gasteiger partial charge is 0.477 e. The van der Waals surface area contributed by atoms with Crippen molar-refractivity contribution >= 4 is 43.9 Å². The maximum Gasteiger partial charge on any atom is 0.346 e. The van der Waals surface area contributed by atoms with Gasteiger partial charge < -0.3 is 5.11 Å². The van der Waals surface area contributed by atoms with E-state index in [0.717, 1.165) is 4.47 Å². The Hall–Kier alpha value is -1.19. The minimum Gasteiger partial charge on any atom is -0.477 e. The molecule has 0 spiro atoms. The number of rotatable bonds is 2. The summed E-state index contributed by atoms with van der Waals surface area (Å²) in [5, 5.41) is 17.2. The van der Waals surface area contributed by atoms with Gasteiger partial charge in [0.2, 0.25) is 0 Å². The van der Waals surface area contributed by atoms with Gasteiger partial charge in [-0.15, -0.1) is 0 Å². The summed E-state index contributed by atoms with van der Waals surface area (Å²) in [6, 6.07) is 3.30. The molecule has 1 N–H and O–H groups in total. The number of carboxylic acids is 1. The van der Waals surface area contributed by atoms with Gasteiger partial charge >= 0.3 is 5.97 Å². The Morgan fingerprint density at radius 2 is 2.27 bits per heavy atom. The normalized spacial score (nSPS) is 10.9. The third-order valence-electron chi connectivity index (χ3n) is 1.47. The molecule has 0 amide bonds. The van der Waals surface area contributed by atoms with Crippen LogP contribution in [0.5, 0.6) is 0 Å². The number of hydrogen-bond donors (Lipinski definition) is 1. The van der Waals surface area contributed by atoms with Crippen molar-refractivity contribution in [2.45, 2.75) is 0 Å². The maximum atomic E-state index is 10.6. The summed E-state index contributed by atoms with van der Waals surface area (Å²) in [6.07, 6.45) is 2.73. The molecule has 4 nitrogen and oxygen atoms in total. The van der Waals surface area contributed by atoms with Crippen LogP contribution >= 0.6 is 31.9 Å². The first-order valence-electron chi connectivity index (χ1n) is 3.70. The highest BCUT2D eigenvalue weighted by atomic mass is 79.9. The van der Waals surface area contributed by atoms with Crippen LogP contribution in [0.1, 0.15) is 5.69 Å². The molecule has 0 atom stereocenters. The van der Waals surface area contributed by atoms with E-state index in [0.29, 0.717) is 10.2 Å². The molecule has 1 aromatic rings. The third kappa shape index (κ3) is 3.15. The lowest BCUT2D eigenvalue weighted by Crippen LogP contribution is -1.98. The Morgan fingerprint density at radius 1 is 1.60 bits per heavy atom. The van der Waals surface area contributed by atoms with E-state index in [4.69, 9.17) is 10.4 Å². The summed E-state index contributed by atoms with van der Waals surface area (Å²) in [4.78, 5) is 14.5. The Kier molecular flexibility index (Phi) is 4.00. The molecule has 1 rings (SSSR count). The van der Waals surface area contributed by atoms with E-state index in [1.807, 2.05) is 0 Å². The molecule has 0 aliphatic carbocycles. The fourth-order valence-corrected chi connectivity index (χ4v) is 1.91. The van der Waals surface area contributed by atoms with Gasteiger partial charge in [0.25, 0.3) is 0 Å². The highest BCUT2D eigenvalue weighted by Gasteiger charge is 2.08. The molecule has 0 fully saturated rings. The van der Waals surface area contributed by atoms with Gasteiger partial charge in [-0.2, -0.15) is 5.26 Å². The molecule has 6 heteroatoms. The van der Waals surface area contributed by atoms with E-state index in [1.165, 1.54) is 12.3 Å². The van der Waals surface area contributed by atoms with Crippen LogP contribution in [0.4, 0.5) is 0 Å². The number of nitriles is 1. The lowest BCUT2D eigenvalue weighted by molar-refractivity contribution is -0.132. The predicted octanol–water partition coefficient (Wildman–Crippen LogP) is 2.60. The number of carboxylic acid groups (broad SMARTS) is 1. The van der Waals surface area contributed by atoms with E-state index in [9.17, 15) is 4.79 Å². The van der Waals surface area contributed by atoms with Gasteiger partial charge in [0.05, 0.1) is 5.69 Å². The molecule has 0 radical (unpaired) electrons. The summed E-state index contributed by atoms with van der Waals surface area (Å²) in [6.45, 7) is 0. The van der Waals surface area contributed by atoms with Gasteiger partial charge in [0.1, 0.15) is 11.6 Å². The van der Waals surface area contributed by atoms with Gasteiger partial charge in [0.15, 0.2) is 0 Å². The monoisotopic (exact) mass is 330 g/mol. The Morgan fingerprint density at radius 3 is 2.73 bits per heavy atom. The van der Waals surface area contributed by atoms with Crippen LogP contribution in [-0.4, -0.2) is 16.1 Å². The molecule has 76 valence electrons. The summed E-state index contributed by atoms with van der Waals surface area (Å²) in [5.74, 6) is -1.27. The zero-order valence-corrected chi connectivity index (χ0v) is 10.4. The molecule has 0 aliphatic rings. The Balaban J connectivity index is 3.19. The average molecular weight is 332 g/mol. The fraction of sp³-hybridized carbons (Fsp3) is 0. The number of aliphatic carboxylic acids is 1. The van der Waals surface area contributed by atoms with Crippen LogP contribution in [0, 0.1) is 11.3 Å². The van der Waals surface area contributed by atoms with E-state index in [1.54, 1.807) is 12.1 Å². The molecule has 0 saturated carbocycles. The van der Waals surface area contributed by atoms with Gasteiger partial charge in [-0.25, -0.2) is 4.79 Å². The topological polar surface area (TPSA) is 74.0 Å². The number of halogens is 2. The van der Waals surface area contributed by atoms with Crippen molar-refractivity contribution in [3.05, 3.63) is 32.5 Å². The summed E-state index contributed by atoms with van der Waals surface area (Å²) < 4.78 is 1.38. The van der Waals surface area contributed by atoms with Crippen LogP contribution in [0.15, 0.2) is 26.8 Å². The van der Waals surface area contributed by atoms with E-state index in [2.05, 4.69) is 36.8 Å². The summed E-state index contributed by atoms with van der Waals surface area (Å²) >= 11 is 6.43. The van der Waals surface area contributed by atoms with Crippen LogP contribution in [0.25, 0.3) is 6.08 Å². The molecule has 0 aromatic carbocycles. The second-order valence-corrected chi connectivity index (χ2v) is 4.27. The molecule has 1 aromatic heterocycles. The molecular weight excluding hydrogens is 328 g/mol. The SMILES string of the molecule is N#C/C(=C\c1ncc(Br)cc1Br)C(=O)O. The fourth-order valence-electron chi connectivity index (χ4n) is 0.810. The average Bonchev–Trinajstić information content (AvgIpc) is 2.16. The standard InChI is InChI=1S/C9H4Br2N2O2/c10-6-2-7(11)8(13-4-6)1-5(3-12)9(14)15/h1-2,4H,(H,14,15)/b5-1+. The van der Waals surface area contributed by atoms with Crippen LogP contribution < -0.4 is 0 Å². The number of hydrogen-bond acceptors (Lipinski definition) is 3. The molecule has 0 saturated heterocycles. The number of carbonyl (C=O) groups is 1. The van der Waals surface area contributed by atoms with Gasteiger partial charge in [-0.3, -0.25) is 4.98 Å². The van der Waals surface area contributed by atoms with Crippen LogP contribution in [-0.2, 0) is 4.79 Å². The number of nitrogens with zero attached hydrogens (tertiary/aromatic N) is 2. The van der Waals surface area contributed by atoms with Crippen molar-refractivity contribution in [3.8, 4) is 6.07 Å². The van der Waals surface area contributed by atoms with E-state index < -0.39 is 5.97 Å². The maximum absolute atomic E-state index is 10.6. The van der Waals surface area contributed by atoms with Crippen LogP contribution in [0.2, 0.25) is 0 Å². The highest BCUT2D eigenvalue weighted by molar-refractivity contribution is 9.11. The minimum absolute atomic E-state index is 0.356. The number of aromatic nitrogens is 1. The molecule has 15 heavy (non-hydrogen) atoms. The molecule has 1 heterocycles. The minimum atomic E-state index is -1.27. The lowest BCUT2D eigenvalue weighted by atomic mass is 10.2. The zero-order valence-electron chi connectivity index (χ0n) is 7.24. The highest BCUT2D eigenvalue weighted by Crippen LogP contribution is 2.21. The molecule has 0 bridgehead atoms. The second kappa shape index (κ2) is 5.05. The predicted molar refractivity (Wildman–Crippen MR) is 60.9 cm³/mol.